The minimum atomic E-state index is -0.139. The molecule has 27 heavy (non-hydrogen) atoms. The van der Waals surface area contributed by atoms with Crippen molar-refractivity contribution in [3.63, 3.8) is 0 Å². The van der Waals surface area contributed by atoms with Gasteiger partial charge in [0.1, 0.15) is 11.3 Å². The third-order valence-corrected chi connectivity index (χ3v) is 5.25. The lowest BCUT2D eigenvalue weighted by molar-refractivity contribution is 0.0514. The number of halogens is 1. The highest BCUT2D eigenvalue weighted by Crippen LogP contribution is 2.20. The van der Waals surface area contributed by atoms with E-state index in [0.717, 1.165) is 15.8 Å². The highest BCUT2D eigenvalue weighted by Gasteiger charge is 2.29. The topological polar surface area (TPSA) is 71.1 Å². The second-order valence-electron chi connectivity index (χ2n) is 6.40. The molecule has 3 aromatic rings. The van der Waals surface area contributed by atoms with Crippen molar-refractivity contribution in [1.82, 2.24) is 19.2 Å². The van der Waals surface area contributed by atoms with Crippen LogP contribution in [0.2, 0.25) is 0 Å². The Morgan fingerprint density at radius 1 is 1.11 bits per heavy atom. The first-order valence-corrected chi connectivity index (χ1v) is 9.66. The minimum absolute atomic E-state index is 0.0532. The van der Waals surface area contributed by atoms with Gasteiger partial charge in [0.2, 0.25) is 0 Å². The maximum Gasteiger partial charge on any atom is 0.289 e. The Kier molecular flexibility index (Phi) is 4.73. The van der Waals surface area contributed by atoms with E-state index < -0.39 is 0 Å². The molecule has 0 aliphatic carbocycles. The molecule has 8 heteroatoms. The summed E-state index contributed by atoms with van der Waals surface area (Å²) in [6.45, 7) is 3.92. The maximum absolute atomic E-state index is 13.2. The molecule has 7 nitrogen and oxygen atoms in total. The molecule has 1 fully saturated rings. The van der Waals surface area contributed by atoms with E-state index in [1.807, 2.05) is 29.7 Å². The summed E-state index contributed by atoms with van der Waals surface area (Å²) in [5.74, 6) is 0.136. The number of hydrogen-bond acceptors (Lipinski definition) is 4. The van der Waals surface area contributed by atoms with Crippen LogP contribution in [0.4, 0.5) is 0 Å². The molecule has 0 N–H and O–H groups in total. The van der Waals surface area contributed by atoms with E-state index in [1.54, 1.807) is 21.9 Å². The minimum Gasteiger partial charge on any atom is -0.459 e. The van der Waals surface area contributed by atoms with Gasteiger partial charge in [-0.1, -0.05) is 6.92 Å². The second kappa shape index (κ2) is 7.19. The van der Waals surface area contributed by atoms with Crippen LogP contribution < -0.4 is 0 Å². The van der Waals surface area contributed by atoms with Gasteiger partial charge in [0, 0.05) is 36.8 Å². The molecular weight excluding hydrogens is 412 g/mol. The molecule has 0 unspecified atom stereocenters. The van der Waals surface area contributed by atoms with Gasteiger partial charge < -0.3 is 14.2 Å². The lowest BCUT2D eigenvalue weighted by Gasteiger charge is -2.34. The number of aryl methyl sites for hydroxylation is 1. The van der Waals surface area contributed by atoms with Crippen LogP contribution in [0.3, 0.4) is 0 Å². The first-order chi connectivity index (χ1) is 13.1. The number of fused-ring (bicyclic) bond motifs is 1. The predicted octanol–water partition coefficient (Wildman–Crippen LogP) is 2.85. The van der Waals surface area contributed by atoms with Gasteiger partial charge in [-0.25, -0.2) is 4.98 Å². The largest absolute Gasteiger partial charge is 0.459 e. The highest BCUT2D eigenvalue weighted by atomic mass is 79.9. The van der Waals surface area contributed by atoms with Gasteiger partial charge in [-0.05, 0) is 46.6 Å². The third kappa shape index (κ3) is 3.25. The van der Waals surface area contributed by atoms with Gasteiger partial charge in [-0.3, -0.25) is 14.0 Å². The monoisotopic (exact) mass is 430 g/mol. The molecule has 140 valence electrons. The Bertz CT molecular complexity index is 988. The Morgan fingerprint density at radius 3 is 2.44 bits per heavy atom. The summed E-state index contributed by atoms with van der Waals surface area (Å²) in [5, 5.41) is 0. The average molecular weight is 431 g/mol. The maximum atomic E-state index is 13.2. The number of piperazine rings is 1. The van der Waals surface area contributed by atoms with Crippen molar-refractivity contribution >= 4 is 33.4 Å². The van der Waals surface area contributed by atoms with Crippen molar-refractivity contribution in [2.75, 3.05) is 26.2 Å². The Labute approximate surface area is 164 Å². The van der Waals surface area contributed by atoms with E-state index in [1.165, 1.54) is 6.26 Å². The molecule has 0 aromatic carbocycles. The van der Waals surface area contributed by atoms with E-state index in [0.29, 0.717) is 44.1 Å². The highest BCUT2D eigenvalue weighted by molar-refractivity contribution is 9.10. The number of carbonyl (C=O) groups excluding carboxylic acids is 2. The van der Waals surface area contributed by atoms with Gasteiger partial charge in [-0.15, -0.1) is 0 Å². The Hall–Kier alpha value is -2.61. The van der Waals surface area contributed by atoms with E-state index in [9.17, 15) is 9.59 Å². The second-order valence-corrected chi connectivity index (χ2v) is 7.31. The van der Waals surface area contributed by atoms with Crippen molar-refractivity contribution in [3.05, 3.63) is 58.3 Å². The summed E-state index contributed by atoms with van der Waals surface area (Å²) in [4.78, 5) is 33.7. The molecule has 3 aromatic heterocycles. The van der Waals surface area contributed by atoms with Crippen LogP contribution in [-0.4, -0.2) is 57.2 Å². The zero-order chi connectivity index (χ0) is 19.0. The molecule has 0 bridgehead atoms. The van der Waals surface area contributed by atoms with E-state index in [2.05, 4.69) is 20.9 Å². The molecule has 0 spiro atoms. The molecule has 2 amide bonds. The summed E-state index contributed by atoms with van der Waals surface area (Å²) in [7, 11) is 0. The van der Waals surface area contributed by atoms with Gasteiger partial charge in [0.05, 0.1) is 12.0 Å². The van der Waals surface area contributed by atoms with Gasteiger partial charge in [-0.2, -0.15) is 0 Å². The number of rotatable bonds is 3. The lowest BCUT2D eigenvalue weighted by atomic mass is 10.2. The smallest absolute Gasteiger partial charge is 0.289 e. The Morgan fingerprint density at radius 2 is 1.81 bits per heavy atom. The number of furan rings is 1. The lowest BCUT2D eigenvalue weighted by Crippen LogP contribution is -2.50. The van der Waals surface area contributed by atoms with Crippen molar-refractivity contribution < 1.29 is 14.0 Å². The first kappa shape index (κ1) is 17.8. The van der Waals surface area contributed by atoms with Crippen LogP contribution >= 0.6 is 15.9 Å². The van der Waals surface area contributed by atoms with Crippen LogP contribution in [0.15, 0.2) is 45.6 Å². The van der Waals surface area contributed by atoms with Gasteiger partial charge >= 0.3 is 0 Å². The molecule has 4 rings (SSSR count). The zero-order valence-corrected chi connectivity index (χ0v) is 16.5. The van der Waals surface area contributed by atoms with Crippen molar-refractivity contribution in [2.45, 2.75) is 13.3 Å². The fourth-order valence-corrected chi connectivity index (χ4v) is 3.70. The molecular formula is C19H19BrN4O3. The molecule has 1 aliphatic rings. The van der Waals surface area contributed by atoms with Crippen LogP contribution in [-0.2, 0) is 6.42 Å². The molecule has 1 aliphatic heterocycles. The number of pyridine rings is 1. The third-order valence-electron chi connectivity index (χ3n) is 4.78. The number of amides is 2. The number of aromatic nitrogens is 2. The van der Waals surface area contributed by atoms with Crippen LogP contribution in [0, 0.1) is 0 Å². The summed E-state index contributed by atoms with van der Waals surface area (Å²) in [6, 6.07) is 7.15. The number of imidazole rings is 1. The summed E-state index contributed by atoms with van der Waals surface area (Å²) in [5.41, 5.74) is 2.14. The molecule has 0 radical (unpaired) electrons. The molecule has 4 heterocycles. The van der Waals surface area contributed by atoms with Crippen molar-refractivity contribution in [3.8, 4) is 0 Å². The fraction of sp³-hybridized carbons (Fsp3) is 0.316. The zero-order valence-electron chi connectivity index (χ0n) is 14.9. The van der Waals surface area contributed by atoms with Crippen molar-refractivity contribution in [2.24, 2.45) is 0 Å². The molecule has 1 saturated heterocycles. The van der Waals surface area contributed by atoms with Crippen LogP contribution in [0.5, 0.6) is 0 Å². The van der Waals surface area contributed by atoms with Crippen molar-refractivity contribution in [1.29, 1.82) is 0 Å². The summed E-state index contributed by atoms with van der Waals surface area (Å²) in [6.07, 6.45) is 4.03. The number of nitrogens with zero attached hydrogens (tertiary/aromatic N) is 4. The fourth-order valence-electron chi connectivity index (χ4n) is 3.36. The first-order valence-electron chi connectivity index (χ1n) is 8.87. The van der Waals surface area contributed by atoms with Crippen LogP contribution in [0.25, 0.3) is 5.65 Å². The van der Waals surface area contributed by atoms with Crippen LogP contribution in [0.1, 0.15) is 33.7 Å². The summed E-state index contributed by atoms with van der Waals surface area (Å²) >= 11 is 3.46. The quantitative estimate of drug-likeness (QED) is 0.640. The van der Waals surface area contributed by atoms with E-state index in [-0.39, 0.29) is 11.8 Å². The number of carbonyl (C=O) groups is 2. The predicted molar refractivity (Wildman–Crippen MR) is 103 cm³/mol. The van der Waals surface area contributed by atoms with E-state index in [4.69, 9.17) is 4.42 Å². The van der Waals surface area contributed by atoms with E-state index >= 15 is 0 Å². The standard InChI is InChI=1S/C19H19BrN4O3/c1-2-14-17(24-12-13(20)5-6-16(24)21-14)19(26)23-9-7-22(8-10-23)18(25)15-4-3-11-27-15/h3-6,11-12H,2,7-10H2,1H3. The molecule has 0 atom stereocenters. The van der Waals surface area contributed by atoms with Gasteiger partial charge in [0.25, 0.3) is 11.8 Å². The molecule has 0 saturated carbocycles. The Balaban J connectivity index is 1.54. The number of hydrogen-bond donors (Lipinski definition) is 0. The van der Waals surface area contributed by atoms with Gasteiger partial charge in [0.15, 0.2) is 5.76 Å². The SMILES string of the molecule is CCc1nc2ccc(Br)cn2c1C(=O)N1CCN(C(=O)c2ccco2)CC1. The summed E-state index contributed by atoms with van der Waals surface area (Å²) < 4.78 is 7.91. The normalized spacial score (nSPS) is 14.7. The average Bonchev–Trinajstić information content (AvgIpc) is 3.34.